The second-order valence-corrected chi connectivity index (χ2v) is 5.62. The van der Waals surface area contributed by atoms with Crippen molar-refractivity contribution in [3.8, 4) is 0 Å². The lowest BCUT2D eigenvalue weighted by molar-refractivity contribution is 0.250. The molecule has 1 aromatic rings. The van der Waals surface area contributed by atoms with E-state index in [1.807, 2.05) is 31.3 Å². The van der Waals surface area contributed by atoms with Gasteiger partial charge in [-0.2, -0.15) is 0 Å². The fourth-order valence-electron chi connectivity index (χ4n) is 2.65. The predicted molar refractivity (Wildman–Crippen MR) is 82.9 cm³/mol. The predicted octanol–water partition coefficient (Wildman–Crippen LogP) is 3.28. The van der Waals surface area contributed by atoms with Gasteiger partial charge in [-0.3, -0.25) is 0 Å². The number of hydrogen-bond acceptors (Lipinski definition) is 2. The molecule has 0 radical (unpaired) electrons. The van der Waals surface area contributed by atoms with Crippen LogP contribution in [0, 0.1) is 5.92 Å². The zero-order valence-electron chi connectivity index (χ0n) is 12.4. The van der Waals surface area contributed by atoms with Gasteiger partial charge >= 0.3 is 6.03 Å². The van der Waals surface area contributed by atoms with Gasteiger partial charge in [0.25, 0.3) is 0 Å². The van der Waals surface area contributed by atoms with Crippen LogP contribution in [0.4, 0.5) is 10.5 Å². The molecule has 1 aliphatic carbocycles. The van der Waals surface area contributed by atoms with E-state index in [0.717, 1.165) is 12.2 Å². The molecule has 1 unspecified atom stereocenters. The van der Waals surface area contributed by atoms with E-state index in [2.05, 4.69) is 22.9 Å². The molecule has 0 aliphatic heterocycles. The van der Waals surface area contributed by atoms with Crippen molar-refractivity contribution in [3.63, 3.8) is 0 Å². The van der Waals surface area contributed by atoms with Crippen molar-refractivity contribution >= 4 is 11.7 Å². The Bertz CT molecular complexity index is 424. The third-order valence-corrected chi connectivity index (χ3v) is 4.13. The van der Waals surface area contributed by atoms with Crippen molar-refractivity contribution in [2.24, 2.45) is 5.92 Å². The van der Waals surface area contributed by atoms with Crippen LogP contribution < -0.4 is 16.0 Å². The standard InChI is InChI=1S/C16H25N3O/c1-12(17-2)14-7-9-15(10-8-14)19-16(20)18-11-13-5-3-4-6-13/h7-10,12-13,17H,3-6,11H2,1-2H3,(H2,18,19,20). The van der Waals surface area contributed by atoms with Crippen LogP contribution in [0.2, 0.25) is 0 Å². The third-order valence-electron chi connectivity index (χ3n) is 4.13. The van der Waals surface area contributed by atoms with Crippen molar-refractivity contribution in [3.05, 3.63) is 29.8 Å². The quantitative estimate of drug-likeness (QED) is 0.772. The van der Waals surface area contributed by atoms with Crippen LogP contribution in [0.1, 0.15) is 44.2 Å². The molecule has 2 amide bonds. The van der Waals surface area contributed by atoms with E-state index >= 15 is 0 Å². The van der Waals surface area contributed by atoms with Crippen molar-refractivity contribution < 1.29 is 4.79 Å². The molecule has 1 fully saturated rings. The van der Waals surface area contributed by atoms with Crippen molar-refractivity contribution in [1.29, 1.82) is 0 Å². The van der Waals surface area contributed by atoms with Gasteiger partial charge in [-0.15, -0.1) is 0 Å². The Kier molecular flexibility index (Phi) is 5.41. The zero-order valence-corrected chi connectivity index (χ0v) is 12.4. The molecule has 1 saturated carbocycles. The van der Waals surface area contributed by atoms with E-state index < -0.39 is 0 Å². The number of carbonyl (C=O) groups is 1. The lowest BCUT2D eigenvalue weighted by Crippen LogP contribution is -2.32. The first-order chi connectivity index (χ1) is 9.69. The van der Waals surface area contributed by atoms with Crippen LogP contribution in [-0.4, -0.2) is 19.6 Å². The number of hydrogen-bond donors (Lipinski definition) is 3. The first-order valence-electron chi connectivity index (χ1n) is 7.51. The van der Waals surface area contributed by atoms with E-state index in [1.165, 1.54) is 31.2 Å². The van der Waals surface area contributed by atoms with Gasteiger partial charge < -0.3 is 16.0 Å². The van der Waals surface area contributed by atoms with E-state index in [0.29, 0.717) is 12.0 Å². The minimum atomic E-state index is -0.105. The summed E-state index contributed by atoms with van der Waals surface area (Å²) >= 11 is 0. The first-order valence-corrected chi connectivity index (χ1v) is 7.51. The van der Waals surface area contributed by atoms with Crippen LogP contribution in [0.25, 0.3) is 0 Å². The number of rotatable bonds is 5. The number of carbonyl (C=O) groups excluding carboxylic acids is 1. The Morgan fingerprint density at radius 1 is 1.25 bits per heavy atom. The number of anilines is 1. The molecule has 1 aliphatic rings. The van der Waals surface area contributed by atoms with Gasteiger partial charge in [-0.05, 0) is 50.4 Å². The van der Waals surface area contributed by atoms with Crippen molar-refractivity contribution in [1.82, 2.24) is 10.6 Å². The van der Waals surface area contributed by atoms with Gasteiger partial charge in [0.05, 0.1) is 0 Å². The number of amides is 2. The Labute approximate surface area is 121 Å². The molecule has 1 atom stereocenters. The monoisotopic (exact) mass is 275 g/mol. The van der Waals surface area contributed by atoms with Crippen molar-refractivity contribution in [2.45, 2.75) is 38.6 Å². The van der Waals surface area contributed by atoms with E-state index in [-0.39, 0.29) is 6.03 Å². The van der Waals surface area contributed by atoms with Crippen LogP contribution in [0.3, 0.4) is 0 Å². The average molecular weight is 275 g/mol. The summed E-state index contributed by atoms with van der Waals surface area (Å²) in [6.07, 6.45) is 5.10. The summed E-state index contributed by atoms with van der Waals surface area (Å²) in [5.41, 5.74) is 2.05. The van der Waals surface area contributed by atoms with E-state index in [4.69, 9.17) is 0 Å². The highest BCUT2D eigenvalue weighted by Gasteiger charge is 2.15. The van der Waals surface area contributed by atoms with Gasteiger partial charge in [0.1, 0.15) is 0 Å². The van der Waals surface area contributed by atoms with E-state index in [1.54, 1.807) is 0 Å². The second kappa shape index (κ2) is 7.29. The second-order valence-electron chi connectivity index (χ2n) is 5.62. The maximum absolute atomic E-state index is 11.8. The van der Waals surface area contributed by atoms with Gasteiger partial charge in [0, 0.05) is 18.3 Å². The number of nitrogens with one attached hydrogen (secondary N) is 3. The Morgan fingerprint density at radius 2 is 1.90 bits per heavy atom. The Morgan fingerprint density at radius 3 is 2.50 bits per heavy atom. The summed E-state index contributed by atoms with van der Waals surface area (Å²) in [4.78, 5) is 11.8. The molecule has 3 N–H and O–H groups in total. The fraction of sp³-hybridized carbons (Fsp3) is 0.562. The van der Waals surface area contributed by atoms with Crippen LogP contribution >= 0.6 is 0 Å². The molecule has 0 spiro atoms. The number of urea groups is 1. The summed E-state index contributed by atoms with van der Waals surface area (Å²) in [5.74, 6) is 0.666. The highest BCUT2D eigenvalue weighted by molar-refractivity contribution is 5.89. The average Bonchev–Trinajstić information content (AvgIpc) is 2.98. The molecule has 20 heavy (non-hydrogen) atoms. The highest BCUT2D eigenvalue weighted by Crippen LogP contribution is 2.23. The topological polar surface area (TPSA) is 53.2 Å². The molecule has 1 aromatic carbocycles. The van der Waals surface area contributed by atoms with Crippen LogP contribution in [0.5, 0.6) is 0 Å². The molecule has 0 saturated heterocycles. The highest BCUT2D eigenvalue weighted by atomic mass is 16.2. The van der Waals surface area contributed by atoms with E-state index in [9.17, 15) is 4.79 Å². The van der Waals surface area contributed by atoms with Gasteiger partial charge in [0.2, 0.25) is 0 Å². The Hall–Kier alpha value is -1.55. The summed E-state index contributed by atoms with van der Waals surface area (Å²) in [6.45, 7) is 2.90. The maximum Gasteiger partial charge on any atom is 0.319 e. The maximum atomic E-state index is 11.8. The van der Waals surface area contributed by atoms with Crippen molar-refractivity contribution in [2.75, 3.05) is 18.9 Å². The summed E-state index contributed by atoms with van der Waals surface area (Å²) in [5, 5.41) is 9.03. The van der Waals surface area contributed by atoms with Gasteiger partial charge in [-0.1, -0.05) is 25.0 Å². The smallest absolute Gasteiger partial charge is 0.319 e. The minimum Gasteiger partial charge on any atom is -0.338 e. The SMILES string of the molecule is CNC(C)c1ccc(NC(=O)NCC2CCCC2)cc1. The van der Waals surface area contributed by atoms with Crippen LogP contribution in [-0.2, 0) is 0 Å². The van der Waals surface area contributed by atoms with Gasteiger partial charge in [0.15, 0.2) is 0 Å². The van der Waals surface area contributed by atoms with Crippen LogP contribution in [0.15, 0.2) is 24.3 Å². The molecule has 110 valence electrons. The lowest BCUT2D eigenvalue weighted by atomic mass is 10.1. The largest absolute Gasteiger partial charge is 0.338 e. The first kappa shape index (κ1) is 14.9. The number of benzene rings is 1. The van der Waals surface area contributed by atoms with Gasteiger partial charge in [-0.25, -0.2) is 4.79 Å². The molecule has 0 heterocycles. The molecule has 4 nitrogen and oxygen atoms in total. The summed E-state index contributed by atoms with van der Waals surface area (Å²) < 4.78 is 0. The minimum absolute atomic E-state index is 0.105. The lowest BCUT2D eigenvalue weighted by Gasteiger charge is -2.13. The third kappa shape index (κ3) is 4.23. The molecular formula is C16H25N3O. The summed E-state index contributed by atoms with van der Waals surface area (Å²) in [6, 6.07) is 8.17. The molecule has 2 rings (SSSR count). The Balaban J connectivity index is 1.78. The molecular weight excluding hydrogens is 250 g/mol. The normalized spacial score (nSPS) is 16.9. The fourth-order valence-corrected chi connectivity index (χ4v) is 2.65. The zero-order chi connectivity index (χ0) is 14.4. The molecule has 4 heteroatoms. The molecule has 0 aromatic heterocycles. The summed E-state index contributed by atoms with van der Waals surface area (Å²) in [7, 11) is 1.94. The molecule has 0 bridgehead atoms.